The van der Waals surface area contributed by atoms with E-state index in [1.165, 1.54) is 10.6 Å². The van der Waals surface area contributed by atoms with Crippen LogP contribution >= 0.6 is 0 Å². The van der Waals surface area contributed by atoms with Gasteiger partial charge in [-0.05, 0) is 43.9 Å². The van der Waals surface area contributed by atoms with Crippen LogP contribution in [0.3, 0.4) is 0 Å². The van der Waals surface area contributed by atoms with Crippen LogP contribution in [-0.2, 0) is 14.6 Å². The minimum absolute atomic E-state index is 0.00739. The fourth-order valence-corrected chi connectivity index (χ4v) is 7.87. The third kappa shape index (κ3) is 4.61. The summed E-state index contributed by atoms with van der Waals surface area (Å²) in [6.07, 6.45) is 11.7. The normalized spacial score (nSPS) is 25.0. The van der Waals surface area contributed by atoms with Crippen molar-refractivity contribution in [2.75, 3.05) is 18.5 Å². The van der Waals surface area contributed by atoms with Crippen molar-refractivity contribution < 1.29 is 18.3 Å². The fraction of sp³-hybridized carbons (Fsp3) is 0.323. The highest BCUT2D eigenvalue weighted by molar-refractivity contribution is 7.91. The monoisotopic (exact) mass is 597 g/mol. The van der Waals surface area contributed by atoms with Gasteiger partial charge < -0.3 is 15.7 Å². The van der Waals surface area contributed by atoms with E-state index in [0.717, 1.165) is 35.9 Å². The number of nitrogens with zero attached hydrogens (tertiary/aromatic N) is 6. The van der Waals surface area contributed by atoms with Crippen LogP contribution in [0.5, 0.6) is 0 Å². The summed E-state index contributed by atoms with van der Waals surface area (Å²) >= 11 is 0. The zero-order valence-electron chi connectivity index (χ0n) is 23.5. The molecule has 3 N–H and O–H groups in total. The average Bonchev–Trinajstić information content (AvgIpc) is 3.54. The van der Waals surface area contributed by atoms with Crippen molar-refractivity contribution in [1.82, 2.24) is 24.5 Å². The SMILES string of the molecule is CS(=O)(=O)c1c([C@H]2C[C@H]3CC[C@@H](C2)N3C(=O)C2(O)C=CC=NC2)nc2c(-c3ccc(-c4ccccc4)nc3)cnn2c1N. The molecule has 6 heterocycles. The van der Waals surface area contributed by atoms with Gasteiger partial charge in [0, 0.05) is 53.4 Å². The Morgan fingerprint density at radius 1 is 1.05 bits per heavy atom. The van der Waals surface area contributed by atoms with Gasteiger partial charge in [0.25, 0.3) is 5.91 Å². The van der Waals surface area contributed by atoms with Gasteiger partial charge >= 0.3 is 0 Å². The fourth-order valence-electron chi connectivity index (χ4n) is 6.81. The van der Waals surface area contributed by atoms with E-state index >= 15 is 0 Å². The maximum absolute atomic E-state index is 13.5. The summed E-state index contributed by atoms with van der Waals surface area (Å²) in [5.74, 6) is -0.607. The zero-order valence-corrected chi connectivity index (χ0v) is 24.4. The Kier molecular flexibility index (Phi) is 6.44. The van der Waals surface area contributed by atoms with Crippen LogP contribution in [0.15, 0.2) is 76.9 Å². The van der Waals surface area contributed by atoms with Crippen LogP contribution in [0.25, 0.3) is 28.0 Å². The molecule has 43 heavy (non-hydrogen) atoms. The van der Waals surface area contributed by atoms with E-state index in [9.17, 15) is 18.3 Å². The summed E-state index contributed by atoms with van der Waals surface area (Å²) in [5, 5.41) is 15.4. The predicted octanol–water partition coefficient (Wildman–Crippen LogP) is 3.05. The van der Waals surface area contributed by atoms with Crippen LogP contribution in [0, 0.1) is 0 Å². The van der Waals surface area contributed by atoms with Gasteiger partial charge in [-0.1, -0.05) is 36.4 Å². The number of aromatic nitrogens is 4. The highest BCUT2D eigenvalue weighted by Crippen LogP contribution is 2.46. The second-order valence-corrected chi connectivity index (χ2v) is 13.6. The number of rotatable bonds is 5. The Hall–Kier alpha value is -4.42. The molecule has 220 valence electrons. The molecular weight excluding hydrogens is 566 g/mol. The number of hydrogen-bond donors (Lipinski definition) is 2. The molecule has 2 fully saturated rings. The molecule has 12 heteroatoms. The van der Waals surface area contributed by atoms with Crippen molar-refractivity contribution in [3.63, 3.8) is 0 Å². The quantitative estimate of drug-likeness (QED) is 0.356. The van der Waals surface area contributed by atoms with Gasteiger partial charge in [0.1, 0.15) is 10.7 Å². The molecule has 0 saturated carbocycles. The number of aliphatic hydroxyl groups is 1. The number of nitrogen functional groups attached to an aromatic ring is 1. The number of piperidine rings is 1. The number of pyridine rings is 1. The lowest BCUT2D eigenvalue weighted by Gasteiger charge is -2.42. The molecule has 0 radical (unpaired) electrons. The first-order chi connectivity index (χ1) is 20.6. The minimum atomic E-state index is -3.77. The van der Waals surface area contributed by atoms with E-state index < -0.39 is 15.4 Å². The maximum atomic E-state index is 13.5. The number of nitrogens with two attached hydrogens (primary N) is 1. The molecule has 2 saturated heterocycles. The highest BCUT2D eigenvalue weighted by Gasteiger charge is 2.50. The van der Waals surface area contributed by atoms with E-state index in [4.69, 9.17) is 10.7 Å². The van der Waals surface area contributed by atoms with Gasteiger partial charge in [0.2, 0.25) is 0 Å². The van der Waals surface area contributed by atoms with E-state index in [1.807, 2.05) is 42.5 Å². The van der Waals surface area contributed by atoms with Crippen LogP contribution in [0.2, 0.25) is 0 Å². The Bertz CT molecular complexity index is 1890. The topological polar surface area (TPSA) is 156 Å². The van der Waals surface area contributed by atoms with Gasteiger partial charge in [-0.3, -0.25) is 14.8 Å². The molecule has 11 nitrogen and oxygen atoms in total. The molecule has 1 amide bonds. The molecule has 4 aromatic rings. The van der Waals surface area contributed by atoms with Crippen molar-refractivity contribution in [2.24, 2.45) is 4.99 Å². The number of hydrogen-bond acceptors (Lipinski definition) is 9. The number of allylic oxidation sites excluding steroid dienone is 1. The molecule has 3 aliphatic rings. The Morgan fingerprint density at radius 3 is 2.42 bits per heavy atom. The van der Waals surface area contributed by atoms with Crippen LogP contribution in [0.1, 0.15) is 37.3 Å². The lowest BCUT2D eigenvalue weighted by Crippen LogP contribution is -2.56. The number of carbonyl (C=O) groups excluding carboxylic acids is 1. The molecule has 0 spiro atoms. The van der Waals surface area contributed by atoms with Crippen LogP contribution in [-0.4, -0.2) is 80.6 Å². The number of sulfone groups is 1. The van der Waals surface area contributed by atoms with E-state index in [-0.39, 0.29) is 41.2 Å². The Morgan fingerprint density at radius 2 is 1.79 bits per heavy atom. The number of dihydropyridines is 1. The van der Waals surface area contributed by atoms with Crippen molar-refractivity contribution in [2.45, 2.75) is 54.2 Å². The summed E-state index contributed by atoms with van der Waals surface area (Å²) in [5.41, 5.74) is 8.98. The van der Waals surface area contributed by atoms with Gasteiger partial charge in [0.15, 0.2) is 21.1 Å². The number of amides is 1. The van der Waals surface area contributed by atoms with Crippen molar-refractivity contribution >= 4 is 33.4 Å². The number of benzene rings is 1. The first kappa shape index (κ1) is 27.4. The molecule has 3 aromatic heterocycles. The zero-order chi connectivity index (χ0) is 29.9. The number of fused-ring (bicyclic) bond motifs is 3. The average molecular weight is 598 g/mol. The minimum Gasteiger partial charge on any atom is -0.382 e. The molecule has 1 unspecified atom stereocenters. The summed E-state index contributed by atoms with van der Waals surface area (Å²) in [6.45, 7) is -0.0140. The molecular formula is C31H31N7O4S. The second-order valence-electron chi connectivity index (χ2n) is 11.6. The molecule has 4 atom stereocenters. The van der Waals surface area contributed by atoms with E-state index in [2.05, 4.69) is 15.1 Å². The molecule has 7 rings (SSSR count). The van der Waals surface area contributed by atoms with Gasteiger partial charge in [-0.15, -0.1) is 0 Å². The highest BCUT2D eigenvalue weighted by atomic mass is 32.2. The van der Waals surface area contributed by atoms with Crippen LogP contribution < -0.4 is 5.73 Å². The molecule has 2 bridgehead atoms. The number of anilines is 1. The summed E-state index contributed by atoms with van der Waals surface area (Å²) in [4.78, 5) is 28.9. The van der Waals surface area contributed by atoms with Gasteiger partial charge in [-0.25, -0.2) is 13.4 Å². The first-order valence-electron chi connectivity index (χ1n) is 14.3. The Balaban J connectivity index is 1.26. The lowest BCUT2D eigenvalue weighted by molar-refractivity contribution is -0.150. The number of carbonyl (C=O) groups is 1. The molecule has 1 aromatic carbocycles. The van der Waals surface area contributed by atoms with E-state index in [1.54, 1.807) is 29.6 Å². The van der Waals surface area contributed by atoms with Gasteiger partial charge in [-0.2, -0.15) is 9.61 Å². The van der Waals surface area contributed by atoms with Crippen molar-refractivity contribution in [3.8, 4) is 22.4 Å². The predicted molar refractivity (Wildman–Crippen MR) is 162 cm³/mol. The lowest BCUT2D eigenvalue weighted by atomic mass is 9.86. The van der Waals surface area contributed by atoms with Crippen LogP contribution in [0.4, 0.5) is 5.82 Å². The summed E-state index contributed by atoms with van der Waals surface area (Å²) in [6, 6.07) is 13.4. The molecule has 3 aliphatic heterocycles. The smallest absolute Gasteiger partial charge is 0.261 e. The summed E-state index contributed by atoms with van der Waals surface area (Å²) in [7, 11) is -3.77. The van der Waals surface area contributed by atoms with E-state index in [0.29, 0.717) is 29.7 Å². The maximum Gasteiger partial charge on any atom is 0.261 e. The summed E-state index contributed by atoms with van der Waals surface area (Å²) < 4.78 is 27.6. The van der Waals surface area contributed by atoms with Crippen molar-refractivity contribution in [1.29, 1.82) is 0 Å². The third-order valence-electron chi connectivity index (χ3n) is 8.80. The standard InChI is InChI=1S/C31H31N7O4S/c1-43(41,42)27-26(21-14-22-9-10-23(15-21)37(22)30(39)31(40)12-5-13-33-18-31)36-29-24(17-35-38(29)28(27)32)20-8-11-25(34-16-20)19-6-3-2-4-7-19/h2-8,11-13,16-17,21-23,40H,9-10,14-15,18,32H2,1H3/t21-,22+,23-,31?. The molecule has 0 aliphatic carbocycles. The largest absolute Gasteiger partial charge is 0.382 e. The Labute approximate surface area is 248 Å². The third-order valence-corrected chi connectivity index (χ3v) is 9.96. The van der Waals surface area contributed by atoms with Gasteiger partial charge in [0.05, 0.1) is 24.1 Å². The van der Waals surface area contributed by atoms with Crippen molar-refractivity contribution in [3.05, 3.63) is 72.7 Å². The first-order valence-corrected chi connectivity index (χ1v) is 16.1. The second kappa shape index (κ2) is 10.1. The number of aliphatic imine (C=N–C) groups is 1.